The van der Waals surface area contributed by atoms with Gasteiger partial charge in [-0.2, -0.15) is 13.2 Å². The normalized spacial score (nSPS) is 15.8. The zero-order valence-corrected chi connectivity index (χ0v) is 18.1. The van der Waals surface area contributed by atoms with Gasteiger partial charge in [0.25, 0.3) is 0 Å². The molecular weight excluding hydrogens is 431 g/mol. The van der Waals surface area contributed by atoms with Crippen LogP contribution in [0.3, 0.4) is 0 Å². The first kappa shape index (κ1) is 22.6. The Labute approximate surface area is 189 Å². The molecular formula is C25H24F3N3O2. The maximum Gasteiger partial charge on any atom is 0.416 e. The summed E-state index contributed by atoms with van der Waals surface area (Å²) in [4.78, 5) is 27.3. The standard InChI is InChI=1S/C25H24F3N3O2/c1-17-5-2-7-19(13-17)24-21-9-4-10-30(21)11-12-31(24)23(33)15-22(32)29-16-18-6-3-8-20(14-18)25(26,27)28/h2-10,13-14,24H,11-12,15-16H2,1H3,(H,29,32). The fourth-order valence-electron chi connectivity index (χ4n) is 4.20. The number of alkyl halides is 3. The number of halogens is 3. The summed E-state index contributed by atoms with van der Waals surface area (Å²) in [6.07, 6.45) is -2.85. The van der Waals surface area contributed by atoms with Gasteiger partial charge < -0.3 is 14.8 Å². The molecule has 8 heteroatoms. The topological polar surface area (TPSA) is 54.3 Å². The average Bonchev–Trinajstić information content (AvgIpc) is 3.25. The predicted octanol–water partition coefficient (Wildman–Crippen LogP) is 4.45. The van der Waals surface area contributed by atoms with Crippen molar-refractivity contribution in [3.63, 3.8) is 0 Å². The van der Waals surface area contributed by atoms with Gasteiger partial charge in [0, 0.05) is 31.5 Å². The van der Waals surface area contributed by atoms with Crippen molar-refractivity contribution in [2.75, 3.05) is 6.54 Å². The number of aryl methyl sites for hydroxylation is 1. The lowest BCUT2D eigenvalue weighted by atomic mass is 9.98. The Bertz CT molecular complexity index is 1170. The molecule has 1 unspecified atom stereocenters. The smallest absolute Gasteiger partial charge is 0.352 e. The highest BCUT2D eigenvalue weighted by molar-refractivity contribution is 5.97. The summed E-state index contributed by atoms with van der Waals surface area (Å²) in [7, 11) is 0. The Hall–Kier alpha value is -3.55. The van der Waals surface area contributed by atoms with Gasteiger partial charge in [-0.25, -0.2) is 0 Å². The predicted molar refractivity (Wildman–Crippen MR) is 117 cm³/mol. The minimum absolute atomic E-state index is 0.0831. The quantitative estimate of drug-likeness (QED) is 0.578. The number of nitrogens with zero attached hydrogens (tertiary/aromatic N) is 2. The number of fused-ring (bicyclic) bond motifs is 1. The number of amides is 2. The second-order valence-corrected chi connectivity index (χ2v) is 8.18. The Morgan fingerprint density at radius 3 is 2.58 bits per heavy atom. The molecule has 1 atom stereocenters. The highest BCUT2D eigenvalue weighted by Gasteiger charge is 2.33. The molecule has 5 nitrogen and oxygen atoms in total. The average molecular weight is 455 g/mol. The third-order valence-corrected chi connectivity index (χ3v) is 5.77. The molecule has 1 aliphatic rings. The van der Waals surface area contributed by atoms with Gasteiger partial charge in [-0.1, -0.05) is 42.0 Å². The van der Waals surface area contributed by atoms with Crippen molar-refractivity contribution < 1.29 is 22.8 Å². The van der Waals surface area contributed by atoms with Crippen molar-refractivity contribution in [1.29, 1.82) is 0 Å². The van der Waals surface area contributed by atoms with Gasteiger partial charge in [0.05, 0.1) is 11.6 Å². The molecule has 0 aliphatic carbocycles. The summed E-state index contributed by atoms with van der Waals surface area (Å²) in [5.41, 5.74) is 2.56. The zero-order valence-electron chi connectivity index (χ0n) is 18.1. The zero-order chi connectivity index (χ0) is 23.6. The van der Waals surface area contributed by atoms with E-state index in [0.717, 1.165) is 29.0 Å². The van der Waals surface area contributed by atoms with Crippen LogP contribution in [0.4, 0.5) is 13.2 Å². The molecule has 1 aliphatic heterocycles. The maximum absolute atomic E-state index is 13.1. The molecule has 3 aromatic rings. The second-order valence-electron chi connectivity index (χ2n) is 8.18. The highest BCUT2D eigenvalue weighted by Crippen LogP contribution is 2.33. The number of carbonyl (C=O) groups is 2. The van der Waals surface area contributed by atoms with Crippen LogP contribution in [-0.2, 0) is 28.9 Å². The molecule has 0 radical (unpaired) electrons. The van der Waals surface area contributed by atoms with Crippen molar-refractivity contribution in [1.82, 2.24) is 14.8 Å². The van der Waals surface area contributed by atoms with E-state index in [-0.39, 0.29) is 24.9 Å². The number of hydrogen-bond acceptors (Lipinski definition) is 2. The van der Waals surface area contributed by atoms with Crippen LogP contribution in [0, 0.1) is 6.92 Å². The van der Waals surface area contributed by atoms with E-state index >= 15 is 0 Å². The third kappa shape index (κ3) is 5.10. The van der Waals surface area contributed by atoms with Crippen LogP contribution in [0.1, 0.15) is 40.4 Å². The van der Waals surface area contributed by atoms with Crippen molar-refractivity contribution in [3.05, 3.63) is 94.8 Å². The highest BCUT2D eigenvalue weighted by atomic mass is 19.4. The van der Waals surface area contributed by atoms with E-state index in [0.29, 0.717) is 18.7 Å². The van der Waals surface area contributed by atoms with Crippen molar-refractivity contribution >= 4 is 11.8 Å². The van der Waals surface area contributed by atoms with Crippen LogP contribution in [0.25, 0.3) is 0 Å². The van der Waals surface area contributed by atoms with Crippen molar-refractivity contribution in [2.45, 2.75) is 38.7 Å². The number of carbonyl (C=O) groups excluding carboxylic acids is 2. The van der Waals surface area contributed by atoms with Crippen molar-refractivity contribution in [2.24, 2.45) is 0 Å². The first-order valence-corrected chi connectivity index (χ1v) is 10.7. The van der Waals surface area contributed by atoms with Crippen LogP contribution >= 0.6 is 0 Å². The number of aromatic nitrogens is 1. The molecule has 0 fully saturated rings. The summed E-state index contributed by atoms with van der Waals surface area (Å²) >= 11 is 0. The van der Waals surface area contributed by atoms with E-state index in [1.807, 2.05) is 49.5 Å². The number of nitrogens with one attached hydrogen (secondary N) is 1. The molecule has 1 aromatic heterocycles. The fourth-order valence-corrected chi connectivity index (χ4v) is 4.20. The van der Waals surface area contributed by atoms with Gasteiger partial charge in [0.1, 0.15) is 6.42 Å². The fraction of sp³-hybridized carbons (Fsp3) is 0.280. The maximum atomic E-state index is 13.1. The Balaban J connectivity index is 1.45. The molecule has 2 aromatic carbocycles. The minimum atomic E-state index is -4.45. The molecule has 1 N–H and O–H groups in total. The van der Waals surface area contributed by atoms with Gasteiger partial charge in [-0.05, 0) is 42.3 Å². The van der Waals surface area contributed by atoms with Crippen LogP contribution in [0.15, 0.2) is 66.9 Å². The SMILES string of the molecule is Cc1cccc(C2c3cccn3CCN2C(=O)CC(=O)NCc2cccc(C(F)(F)F)c2)c1. The Morgan fingerprint density at radius 1 is 1.03 bits per heavy atom. The molecule has 33 heavy (non-hydrogen) atoms. The third-order valence-electron chi connectivity index (χ3n) is 5.77. The first-order chi connectivity index (χ1) is 15.7. The van der Waals surface area contributed by atoms with E-state index in [9.17, 15) is 22.8 Å². The summed E-state index contributed by atoms with van der Waals surface area (Å²) in [5, 5.41) is 2.57. The number of rotatable bonds is 5. The first-order valence-electron chi connectivity index (χ1n) is 10.7. The van der Waals surface area contributed by atoms with E-state index in [1.165, 1.54) is 12.1 Å². The summed E-state index contributed by atoms with van der Waals surface area (Å²) in [6, 6.07) is 16.3. The van der Waals surface area contributed by atoms with Crippen LogP contribution < -0.4 is 5.32 Å². The lowest BCUT2D eigenvalue weighted by molar-refractivity contribution is -0.138. The molecule has 0 saturated carbocycles. The summed E-state index contributed by atoms with van der Waals surface area (Å²) < 4.78 is 40.8. The van der Waals surface area contributed by atoms with Crippen LogP contribution in [-0.4, -0.2) is 27.8 Å². The van der Waals surface area contributed by atoms with Crippen molar-refractivity contribution in [3.8, 4) is 0 Å². The molecule has 2 heterocycles. The Kier molecular flexibility index (Phi) is 6.26. The van der Waals surface area contributed by atoms with E-state index < -0.39 is 17.6 Å². The van der Waals surface area contributed by atoms with E-state index in [4.69, 9.17) is 0 Å². The van der Waals surface area contributed by atoms with Gasteiger partial charge in [0.2, 0.25) is 11.8 Å². The molecule has 0 bridgehead atoms. The minimum Gasteiger partial charge on any atom is -0.352 e. The monoisotopic (exact) mass is 455 g/mol. The summed E-state index contributed by atoms with van der Waals surface area (Å²) in [5.74, 6) is -0.850. The molecule has 0 spiro atoms. The molecule has 4 rings (SSSR count). The second kappa shape index (κ2) is 9.13. The molecule has 0 saturated heterocycles. The number of benzene rings is 2. The largest absolute Gasteiger partial charge is 0.416 e. The molecule has 2 amide bonds. The van der Waals surface area contributed by atoms with Gasteiger partial charge in [-0.3, -0.25) is 9.59 Å². The van der Waals surface area contributed by atoms with Gasteiger partial charge in [-0.15, -0.1) is 0 Å². The lowest BCUT2D eigenvalue weighted by Crippen LogP contribution is -2.44. The van der Waals surface area contributed by atoms with Gasteiger partial charge in [0.15, 0.2) is 0 Å². The van der Waals surface area contributed by atoms with E-state index in [1.54, 1.807) is 4.90 Å². The number of hydrogen-bond donors (Lipinski definition) is 1. The summed E-state index contributed by atoms with van der Waals surface area (Å²) in [6.45, 7) is 2.99. The van der Waals surface area contributed by atoms with E-state index in [2.05, 4.69) is 9.88 Å². The molecule has 172 valence electrons. The Morgan fingerprint density at radius 2 is 1.82 bits per heavy atom. The lowest BCUT2D eigenvalue weighted by Gasteiger charge is -2.37. The van der Waals surface area contributed by atoms with Gasteiger partial charge >= 0.3 is 6.18 Å². The van der Waals surface area contributed by atoms with Crippen LogP contribution in [0.5, 0.6) is 0 Å². The van der Waals surface area contributed by atoms with Crippen LogP contribution in [0.2, 0.25) is 0 Å².